The smallest absolute Gasteiger partial charge is 0.137 e. The Morgan fingerprint density at radius 2 is 1.95 bits per heavy atom. The lowest BCUT2D eigenvalue weighted by Gasteiger charge is -2.15. The number of benzene rings is 2. The fourth-order valence-electron chi connectivity index (χ4n) is 2.43. The van der Waals surface area contributed by atoms with Crippen LogP contribution < -0.4 is 11.3 Å². The molecule has 1 unspecified atom stereocenters. The van der Waals surface area contributed by atoms with Crippen LogP contribution in [0.25, 0.3) is 11.0 Å². The third-order valence-corrected chi connectivity index (χ3v) is 4.05. The lowest BCUT2D eigenvalue weighted by Crippen LogP contribution is -2.28. The van der Waals surface area contributed by atoms with Crippen molar-refractivity contribution in [2.45, 2.75) is 13.0 Å². The van der Waals surface area contributed by atoms with Crippen LogP contribution in [0.2, 0.25) is 10.0 Å². The molecule has 0 saturated carbocycles. The van der Waals surface area contributed by atoms with Crippen LogP contribution in [-0.2, 0) is 0 Å². The van der Waals surface area contributed by atoms with Gasteiger partial charge in [-0.05, 0) is 36.2 Å². The van der Waals surface area contributed by atoms with Crippen LogP contribution in [0.4, 0.5) is 0 Å². The van der Waals surface area contributed by atoms with E-state index in [0.717, 1.165) is 22.1 Å². The molecule has 3 nitrogen and oxygen atoms in total. The Hall–Kier alpha value is -1.52. The molecule has 1 heterocycles. The third-order valence-electron chi connectivity index (χ3n) is 3.48. The van der Waals surface area contributed by atoms with Crippen molar-refractivity contribution in [3.8, 4) is 0 Å². The van der Waals surface area contributed by atoms with E-state index >= 15 is 0 Å². The Kier molecular flexibility index (Phi) is 3.91. The van der Waals surface area contributed by atoms with Crippen molar-refractivity contribution in [2.75, 3.05) is 0 Å². The van der Waals surface area contributed by atoms with E-state index in [2.05, 4.69) is 5.43 Å². The average molecular weight is 321 g/mol. The molecule has 5 heteroatoms. The zero-order valence-corrected chi connectivity index (χ0v) is 12.9. The predicted octanol–water partition coefficient (Wildman–Crippen LogP) is 4.60. The minimum absolute atomic E-state index is 0.332. The zero-order valence-electron chi connectivity index (χ0n) is 11.4. The average Bonchev–Trinajstić information content (AvgIpc) is 2.87. The highest BCUT2D eigenvalue weighted by atomic mass is 35.5. The van der Waals surface area contributed by atoms with Gasteiger partial charge in [0.25, 0.3) is 0 Å². The van der Waals surface area contributed by atoms with Crippen molar-refractivity contribution in [3.63, 3.8) is 0 Å². The Labute approximate surface area is 132 Å². The molecular weight excluding hydrogens is 307 g/mol. The zero-order chi connectivity index (χ0) is 15.0. The molecule has 0 spiro atoms. The monoisotopic (exact) mass is 320 g/mol. The van der Waals surface area contributed by atoms with Crippen LogP contribution in [0.1, 0.15) is 22.9 Å². The van der Waals surface area contributed by atoms with E-state index < -0.39 is 0 Å². The minimum Gasteiger partial charge on any atom is -0.459 e. The fraction of sp³-hybridized carbons (Fsp3) is 0.125. The number of aryl methyl sites for hydroxylation is 1. The molecule has 0 aliphatic heterocycles. The highest BCUT2D eigenvalue weighted by Crippen LogP contribution is 2.33. The molecule has 3 rings (SSSR count). The van der Waals surface area contributed by atoms with Gasteiger partial charge in [0.1, 0.15) is 17.4 Å². The molecule has 1 atom stereocenters. The molecule has 3 N–H and O–H groups in total. The first-order valence-electron chi connectivity index (χ1n) is 6.50. The van der Waals surface area contributed by atoms with Crippen molar-refractivity contribution in [1.82, 2.24) is 5.43 Å². The number of hydrogen-bond acceptors (Lipinski definition) is 3. The van der Waals surface area contributed by atoms with Gasteiger partial charge in [0, 0.05) is 15.4 Å². The topological polar surface area (TPSA) is 51.2 Å². The van der Waals surface area contributed by atoms with Crippen LogP contribution in [0.3, 0.4) is 0 Å². The van der Waals surface area contributed by atoms with Crippen molar-refractivity contribution in [2.24, 2.45) is 5.84 Å². The number of para-hydroxylation sites is 1. The summed E-state index contributed by atoms with van der Waals surface area (Å²) in [6, 6.07) is 13.0. The minimum atomic E-state index is -0.332. The van der Waals surface area contributed by atoms with Crippen molar-refractivity contribution in [3.05, 3.63) is 69.4 Å². The van der Waals surface area contributed by atoms with Gasteiger partial charge in [-0.15, -0.1) is 0 Å². The first-order valence-corrected chi connectivity index (χ1v) is 7.26. The number of rotatable bonds is 3. The van der Waals surface area contributed by atoms with Gasteiger partial charge in [-0.2, -0.15) is 0 Å². The van der Waals surface area contributed by atoms with Gasteiger partial charge in [-0.1, -0.05) is 47.5 Å². The van der Waals surface area contributed by atoms with E-state index in [1.54, 1.807) is 12.1 Å². The molecule has 0 saturated heterocycles. The molecule has 0 aliphatic carbocycles. The summed E-state index contributed by atoms with van der Waals surface area (Å²) in [7, 11) is 0. The summed E-state index contributed by atoms with van der Waals surface area (Å²) in [5, 5.41) is 2.16. The largest absolute Gasteiger partial charge is 0.459 e. The third kappa shape index (κ3) is 2.65. The number of fused-ring (bicyclic) bond motifs is 1. The van der Waals surface area contributed by atoms with Gasteiger partial charge >= 0.3 is 0 Å². The van der Waals surface area contributed by atoms with E-state index in [1.807, 2.05) is 37.3 Å². The SMILES string of the molecule is Cc1cccc2cc(C(NN)c3ccc(Cl)cc3Cl)oc12. The summed E-state index contributed by atoms with van der Waals surface area (Å²) in [6.45, 7) is 2.01. The summed E-state index contributed by atoms with van der Waals surface area (Å²) in [4.78, 5) is 0. The summed E-state index contributed by atoms with van der Waals surface area (Å²) in [6.07, 6.45) is 0. The Morgan fingerprint density at radius 3 is 2.62 bits per heavy atom. The van der Waals surface area contributed by atoms with Gasteiger partial charge in [-0.25, -0.2) is 5.43 Å². The van der Waals surface area contributed by atoms with Gasteiger partial charge < -0.3 is 4.42 Å². The Bertz CT molecular complexity index is 798. The highest BCUT2D eigenvalue weighted by Gasteiger charge is 2.20. The van der Waals surface area contributed by atoms with E-state index in [1.165, 1.54) is 0 Å². The Morgan fingerprint density at radius 1 is 1.14 bits per heavy atom. The van der Waals surface area contributed by atoms with E-state index in [0.29, 0.717) is 15.8 Å². The second-order valence-electron chi connectivity index (χ2n) is 4.91. The molecule has 21 heavy (non-hydrogen) atoms. The van der Waals surface area contributed by atoms with E-state index in [9.17, 15) is 0 Å². The number of hydrogen-bond donors (Lipinski definition) is 2. The molecule has 2 aromatic carbocycles. The lowest BCUT2D eigenvalue weighted by atomic mass is 10.0. The van der Waals surface area contributed by atoms with Crippen molar-refractivity contribution in [1.29, 1.82) is 0 Å². The number of furan rings is 1. The molecule has 0 amide bonds. The Balaban J connectivity index is 2.11. The molecule has 0 aliphatic rings. The molecule has 108 valence electrons. The molecule has 3 aromatic rings. The maximum atomic E-state index is 6.26. The second kappa shape index (κ2) is 5.70. The lowest BCUT2D eigenvalue weighted by molar-refractivity contribution is 0.476. The van der Waals surface area contributed by atoms with Crippen LogP contribution >= 0.6 is 23.2 Å². The van der Waals surface area contributed by atoms with Gasteiger partial charge in [0.2, 0.25) is 0 Å². The predicted molar refractivity (Wildman–Crippen MR) is 86.6 cm³/mol. The summed E-state index contributed by atoms with van der Waals surface area (Å²) in [5.74, 6) is 6.42. The number of nitrogens with two attached hydrogens (primary N) is 1. The number of nitrogens with one attached hydrogen (secondary N) is 1. The second-order valence-corrected chi connectivity index (χ2v) is 5.75. The van der Waals surface area contributed by atoms with Crippen LogP contribution in [0, 0.1) is 6.92 Å². The van der Waals surface area contributed by atoms with Gasteiger partial charge in [-0.3, -0.25) is 5.84 Å². The van der Waals surface area contributed by atoms with Crippen molar-refractivity contribution >= 4 is 34.2 Å². The van der Waals surface area contributed by atoms with Crippen LogP contribution in [-0.4, -0.2) is 0 Å². The molecule has 0 fully saturated rings. The van der Waals surface area contributed by atoms with Gasteiger partial charge in [0.05, 0.1) is 0 Å². The molecule has 0 radical (unpaired) electrons. The maximum Gasteiger partial charge on any atom is 0.137 e. The van der Waals surface area contributed by atoms with Crippen LogP contribution in [0.5, 0.6) is 0 Å². The number of halogens is 2. The molecular formula is C16H14Cl2N2O. The maximum absolute atomic E-state index is 6.26. The normalized spacial score (nSPS) is 12.8. The highest BCUT2D eigenvalue weighted by molar-refractivity contribution is 6.35. The summed E-state index contributed by atoms with van der Waals surface area (Å²) < 4.78 is 5.96. The fourth-order valence-corrected chi connectivity index (χ4v) is 2.95. The quantitative estimate of drug-likeness (QED) is 0.547. The standard InChI is InChI=1S/C16H14Cl2N2O/c1-9-3-2-4-10-7-14(21-16(9)10)15(20-19)12-6-5-11(17)8-13(12)18/h2-8,15,20H,19H2,1H3. The molecule has 1 aromatic heterocycles. The first-order chi connectivity index (χ1) is 10.1. The van der Waals surface area contributed by atoms with Gasteiger partial charge in [0.15, 0.2) is 0 Å². The van der Waals surface area contributed by atoms with Crippen LogP contribution in [0.15, 0.2) is 46.9 Å². The summed E-state index contributed by atoms with van der Waals surface area (Å²) in [5.41, 5.74) is 5.51. The molecule has 0 bridgehead atoms. The number of hydrazine groups is 1. The van der Waals surface area contributed by atoms with E-state index in [-0.39, 0.29) is 6.04 Å². The summed E-state index contributed by atoms with van der Waals surface area (Å²) >= 11 is 12.2. The van der Waals surface area contributed by atoms with Crippen molar-refractivity contribution < 1.29 is 4.42 Å². The first kappa shape index (κ1) is 14.4. The van der Waals surface area contributed by atoms with E-state index in [4.69, 9.17) is 33.5 Å².